The number of aliphatic hydroxyl groups is 1. The summed E-state index contributed by atoms with van der Waals surface area (Å²) in [5.41, 5.74) is -1.57. The van der Waals surface area contributed by atoms with Crippen LogP contribution >= 0.6 is 0 Å². The second kappa shape index (κ2) is 3.19. The molecule has 2 fully saturated rings. The molecular formula is C9H9F3N4O3. The van der Waals surface area contributed by atoms with Gasteiger partial charge in [-0.3, -0.25) is 0 Å². The first-order valence-corrected chi connectivity index (χ1v) is 5.68. The van der Waals surface area contributed by atoms with Gasteiger partial charge in [-0.2, -0.15) is 18.2 Å². The number of nitrogens with zero attached hydrogens (tertiary/aromatic N) is 3. The Labute approximate surface area is 104 Å². The van der Waals surface area contributed by atoms with E-state index in [9.17, 15) is 18.3 Å². The molecule has 2 saturated heterocycles. The number of alkyl halides is 3. The molecule has 4 atom stereocenters. The van der Waals surface area contributed by atoms with Gasteiger partial charge in [0.1, 0.15) is 6.10 Å². The van der Waals surface area contributed by atoms with E-state index in [0.717, 1.165) is 4.68 Å². The summed E-state index contributed by atoms with van der Waals surface area (Å²) < 4.78 is 49.6. The molecule has 1 aromatic rings. The van der Waals surface area contributed by atoms with Crippen molar-refractivity contribution in [1.29, 1.82) is 0 Å². The van der Waals surface area contributed by atoms with E-state index in [1.165, 1.54) is 0 Å². The monoisotopic (exact) mass is 278 g/mol. The van der Waals surface area contributed by atoms with Gasteiger partial charge >= 0.3 is 6.18 Å². The predicted octanol–water partition coefficient (Wildman–Crippen LogP) is 0.0973. The predicted molar refractivity (Wildman–Crippen MR) is 51.9 cm³/mol. The van der Waals surface area contributed by atoms with Gasteiger partial charge in [0.15, 0.2) is 5.72 Å². The summed E-state index contributed by atoms with van der Waals surface area (Å²) >= 11 is 0. The van der Waals surface area contributed by atoms with Gasteiger partial charge in [-0.1, -0.05) is 0 Å². The Bertz CT molecular complexity index is 547. The van der Waals surface area contributed by atoms with Crippen molar-refractivity contribution >= 4 is 5.95 Å². The molecule has 7 nitrogen and oxygen atoms in total. The Morgan fingerprint density at radius 3 is 3.00 bits per heavy atom. The fourth-order valence-electron chi connectivity index (χ4n) is 2.73. The molecule has 4 heterocycles. The van der Waals surface area contributed by atoms with Crippen LogP contribution < -0.4 is 5.32 Å². The molecule has 0 unspecified atom stereocenters. The van der Waals surface area contributed by atoms with Crippen LogP contribution in [0.25, 0.3) is 0 Å². The standard InChI is InChI=1S/C9H9F3N4O3/c10-9(11,12)5-13-7-14-8(17)1-3(16(7)15-5)4-2-18-6(8)19-4/h3-4,6,17H,1-2H2,(H,13,14,15)/t3-,4+,6-,8-/m0/s1. The number of hydrogen-bond acceptors (Lipinski definition) is 6. The molecule has 104 valence electrons. The highest BCUT2D eigenvalue weighted by atomic mass is 19.4. The van der Waals surface area contributed by atoms with Crippen molar-refractivity contribution in [3.63, 3.8) is 0 Å². The van der Waals surface area contributed by atoms with Gasteiger partial charge in [-0.05, 0) is 0 Å². The molecule has 0 aromatic carbocycles. The first-order valence-electron chi connectivity index (χ1n) is 5.68. The zero-order chi connectivity index (χ0) is 13.4. The van der Waals surface area contributed by atoms with E-state index in [2.05, 4.69) is 15.4 Å². The van der Waals surface area contributed by atoms with E-state index in [-0.39, 0.29) is 19.0 Å². The van der Waals surface area contributed by atoms with Crippen LogP contribution in [0.2, 0.25) is 0 Å². The summed E-state index contributed by atoms with van der Waals surface area (Å²) in [6.07, 6.45) is -5.78. The maximum atomic E-state index is 12.6. The molecule has 2 N–H and O–H groups in total. The van der Waals surface area contributed by atoms with Crippen LogP contribution in [0, 0.1) is 0 Å². The largest absolute Gasteiger partial charge is 0.453 e. The highest BCUT2D eigenvalue weighted by Gasteiger charge is 2.58. The van der Waals surface area contributed by atoms with Gasteiger partial charge in [-0.25, -0.2) is 4.68 Å². The average molecular weight is 278 g/mol. The van der Waals surface area contributed by atoms with Crippen LogP contribution in [-0.2, 0) is 15.7 Å². The van der Waals surface area contributed by atoms with Crippen molar-refractivity contribution in [3.8, 4) is 0 Å². The Balaban J connectivity index is 1.82. The summed E-state index contributed by atoms with van der Waals surface area (Å²) in [4.78, 5) is 3.39. The molecule has 0 saturated carbocycles. The normalized spacial score (nSPS) is 39.9. The van der Waals surface area contributed by atoms with Crippen LogP contribution in [0.3, 0.4) is 0 Å². The number of fused-ring (bicyclic) bond motifs is 8. The average Bonchev–Trinajstić information content (AvgIpc) is 2.89. The Kier molecular flexibility index (Phi) is 1.92. The molecule has 3 aliphatic heterocycles. The number of aromatic nitrogens is 3. The van der Waals surface area contributed by atoms with E-state index < -0.39 is 36.2 Å². The topological polar surface area (TPSA) is 81.4 Å². The third-order valence-electron chi connectivity index (χ3n) is 3.58. The van der Waals surface area contributed by atoms with Crippen molar-refractivity contribution in [2.24, 2.45) is 0 Å². The Morgan fingerprint density at radius 1 is 1.47 bits per heavy atom. The lowest BCUT2D eigenvalue weighted by Gasteiger charge is -2.44. The lowest BCUT2D eigenvalue weighted by molar-refractivity contribution is -0.215. The van der Waals surface area contributed by atoms with Gasteiger partial charge < -0.3 is 19.9 Å². The zero-order valence-corrected chi connectivity index (χ0v) is 9.39. The van der Waals surface area contributed by atoms with Crippen molar-refractivity contribution in [2.75, 3.05) is 11.9 Å². The molecule has 0 radical (unpaired) electrons. The van der Waals surface area contributed by atoms with Gasteiger partial charge in [0, 0.05) is 6.42 Å². The van der Waals surface area contributed by atoms with Gasteiger partial charge in [0.05, 0.1) is 12.6 Å². The summed E-state index contributed by atoms with van der Waals surface area (Å²) in [6, 6.07) is -0.524. The highest BCUT2D eigenvalue weighted by molar-refractivity contribution is 5.35. The van der Waals surface area contributed by atoms with Crippen molar-refractivity contribution < 1.29 is 27.8 Å². The highest BCUT2D eigenvalue weighted by Crippen LogP contribution is 2.45. The number of hydrogen-bond donors (Lipinski definition) is 2. The van der Waals surface area contributed by atoms with Gasteiger partial charge in [0.2, 0.25) is 12.2 Å². The minimum atomic E-state index is -4.63. The minimum Gasteiger partial charge on any atom is -0.366 e. The molecule has 0 aliphatic carbocycles. The van der Waals surface area contributed by atoms with Crippen LogP contribution in [-0.4, -0.2) is 44.6 Å². The maximum Gasteiger partial charge on any atom is 0.453 e. The third kappa shape index (κ3) is 1.44. The van der Waals surface area contributed by atoms with E-state index in [0.29, 0.717) is 0 Å². The second-order valence-electron chi connectivity index (χ2n) is 4.86. The maximum absolute atomic E-state index is 12.6. The molecule has 4 rings (SSSR count). The van der Waals surface area contributed by atoms with Gasteiger partial charge in [0.25, 0.3) is 5.82 Å². The van der Waals surface area contributed by atoms with Crippen molar-refractivity contribution in [3.05, 3.63) is 5.82 Å². The smallest absolute Gasteiger partial charge is 0.366 e. The summed E-state index contributed by atoms with van der Waals surface area (Å²) in [5.74, 6) is -1.35. The molecule has 10 heteroatoms. The zero-order valence-electron chi connectivity index (χ0n) is 9.39. The summed E-state index contributed by atoms with van der Waals surface area (Å²) in [7, 11) is 0. The van der Waals surface area contributed by atoms with Gasteiger partial charge in [-0.15, -0.1) is 5.10 Å². The first kappa shape index (κ1) is 11.4. The second-order valence-corrected chi connectivity index (χ2v) is 4.86. The van der Waals surface area contributed by atoms with E-state index in [1.54, 1.807) is 0 Å². The molecule has 4 bridgehead atoms. The molecule has 0 amide bonds. The number of ether oxygens (including phenoxy) is 2. The molecule has 0 spiro atoms. The van der Waals surface area contributed by atoms with E-state index >= 15 is 0 Å². The van der Waals surface area contributed by atoms with Crippen LogP contribution in [0.4, 0.5) is 19.1 Å². The van der Waals surface area contributed by atoms with Crippen LogP contribution in [0.15, 0.2) is 0 Å². The number of nitrogens with one attached hydrogen (secondary N) is 1. The SMILES string of the molecule is O[C@@]12C[C@@H]([C@H]3CO[C@H]1O3)n1nc(C(F)(F)F)nc1N2. The number of rotatable bonds is 0. The number of anilines is 1. The molecule has 3 aliphatic rings. The number of halogens is 3. The minimum absolute atomic E-state index is 0.116. The quantitative estimate of drug-likeness (QED) is 0.700. The fourth-order valence-corrected chi connectivity index (χ4v) is 2.73. The first-order chi connectivity index (χ1) is 8.87. The van der Waals surface area contributed by atoms with E-state index in [4.69, 9.17) is 9.47 Å². The Hall–Kier alpha value is -1.39. The van der Waals surface area contributed by atoms with E-state index in [1.807, 2.05) is 0 Å². The molecular weight excluding hydrogens is 269 g/mol. The van der Waals surface area contributed by atoms with Crippen molar-refractivity contribution in [2.45, 2.75) is 36.8 Å². The van der Waals surface area contributed by atoms with Crippen molar-refractivity contribution in [1.82, 2.24) is 14.8 Å². The third-order valence-corrected chi connectivity index (χ3v) is 3.58. The van der Waals surface area contributed by atoms with Crippen LogP contribution in [0.5, 0.6) is 0 Å². The summed E-state index contributed by atoms with van der Waals surface area (Å²) in [5, 5.41) is 16.3. The lowest BCUT2D eigenvalue weighted by atomic mass is 9.95. The summed E-state index contributed by atoms with van der Waals surface area (Å²) in [6.45, 7) is 0.208. The molecule has 19 heavy (non-hydrogen) atoms. The fraction of sp³-hybridized carbons (Fsp3) is 0.778. The lowest BCUT2D eigenvalue weighted by Crippen LogP contribution is -2.58. The Morgan fingerprint density at radius 2 is 2.26 bits per heavy atom. The molecule has 1 aromatic heterocycles. The van der Waals surface area contributed by atoms with Crippen LogP contribution in [0.1, 0.15) is 18.3 Å².